The summed E-state index contributed by atoms with van der Waals surface area (Å²) in [6.07, 6.45) is 4.25. The molecular formula is C19H19F2N3O. The number of piperidine rings is 1. The molecule has 4 nitrogen and oxygen atoms in total. The largest absolute Gasteiger partial charge is 0.356 e. The summed E-state index contributed by atoms with van der Waals surface area (Å²) in [5, 5.41) is 11.4. The van der Waals surface area contributed by atoms with E-state index in [1.165, 1.54) is 18.2 Å². The Morgan fingerprint density at radius 1 is 1.08 bits per heavy atom. The molecule has 2 heterocycles. The highest BCUT2D eigenvalue weighted by atomic mass is 19.1. The van der Waals surface area contributed by atoms with Gasteiger partial charge < -0.3 is 5.32 Å². The van der Waals surface area contributed by atoms with E-state index in [1.54, 1.807) is 6.07 Å². The van der Waals surface area contributed by atoms with Crippen molar-refractivity contribution in [2.45, 2.75) is 38.0 Å². The van der Waals surface area contributed by atoms with Crippen molar-refractivity contribution < 1.29 is 13.6 Å². The molecule has 1 aromatic heterocycles. The molecule has 1 fully saturated rings. The van der Waals surface area contributed by atoms with Crippen molar-refractivity contribution in [3.63, 3.8) is 0 Å². The van der Waals surface area contributed by atoms with Gasteiger partial charge in [0.25, 0.3) is 0 Å². The highest BCUT2D eigenvalue weighted by Gasteiger charge is 2.32. The lowest BCUT2D eigenvalue weighted by atomic mass is 9.76. The van der Waals surface area contributed by atoms with E-state index < -0.39 is 11.6 Å². The molecule has 1 amide bonds. The number of halogens is 2. The number of rotatable bonds is 2. The Morgan fingerprint density at radius 2 is 1.88 bits per heavy atom. The summed E-state index contributed by atoms with van der Waals surface area (Å²) in [4.78, 5) is 11.4. The fourth-order valence-corrected chi connectivity index (χ4v) is 4.02. The lowest BCUT2D eigenvalue weighted by molar-refractivity contribution is -0.123. The molecule has 1 N–H and O–H groups in total. The third-order valence-corrected chi connectivity index (χ3v) is 5.31. The Labute approximate surface area is 144 Å². The van der Waals surface area contributed by atoms with Gasteiger partial charge in [0.15, 0.2) is 0 Å². The van der Waals surface area contributed by atoms with Gasteiger partial charge in [-0.3, -0.25) is 4.79 Å². The van der Waals surface area contributed by atoms with E-state index in [4.69, 9.17) is 0 Å². The van der Waals surface area contributed by atoms with E-state index in [1.807, 2.05) is 0 Å². The van der Waals surface area contributed by atoms with Gasteiger partial charge in [0.05, 0.1) is 17.0 Å². The van der Waals surface area contributed by atoms with Gasteiger partial charge in [-0.2, -0.15) is 10.2 Å². The first-order valence-corrected chi connectivity index (χ1v) is 8.71. The average Bonchev–Trinajstić information content (AvgIpc) is 2.62. The minimum absolute atomic E-state index is 0.101. The predicted molar refractivity (Wildman–Crippen MR) is 88.8 cm³/mol. The second-order valence-corrected chi connectivity index (χ2v) is 6.84. The summed E-state index contributed by atoms with van der Waals surface area (Å²) in [6, 6.07) is 5.57. The van der Waals surface area contributed by atoms with Crippen LogP contribution in [0.2, 0.25) is 0 Å². The van der Waals surface area contributed by atoms with Crippen LogP contribution in [-0.4, -0.2) is 22.6 Å². The fraction of sp³-hybridized carbons (Fsp3) is 0.421. The monoisotopic (exact) mass is 343 g/mol. The summed E-state index contributed by atoms with van der Waals surface area (Å²) >= 11 is 0. The van der Waals surface area contributed by atoms with Crippen LogP contribution in [0, 0.1) is 17.6 Å². The zero-order valence-corrected chi connectivity index (χ0v) is 13.8. The van der Waals surface area contributed by atoms with Crippen molar-refractivity contribution in [3.05, 3.63) is 47.2 Å². The number of hydrogen-bond acceptors (Lipinski definition) is 3. The van der Waals surface area contributed by atoms with Gasteiger partial charge in [0.1, 0.15) is 11.6 Å². The number of fused-ring (bicyclic) bond motifs is 1. The number of hydrogen-bond donors (Lipinski definition) is 1. The van der Waals surface area contributed by atoms with E-state index in [2.05, 4.69) is 15.5 Å². The molecule has 0 bridgehead atoms. The molecule has 1 aromatic carbocycles. The molecule has 1 saturated heterocycles. The molecule has 2 atom stereocenters. The van der Waals surface area contributed by atoms with Crippen LogP contribution < -0.4 is 5.32 Å². The van der Waals surface area contributed by atoms with Crippen LogP contribution >= 0.6 is 0 Å². The van der Waals surface area contributed by atoms with Gasteiger partial charge in [-0.15, -0.1) is 0 Å². The summed E-state index contributed by atoms with van der Waals surface area (Å²) in [5.74, 6) is -0.560. The number of carbonyl (C=O) groups excluding carboxylic acids is 1. The molecule has 0 spiro atoms. The average molecular weight is 343 g/mol. The number of benzene rings is 1. The van der Waals surface area contributed by atoms with Crippen molar-refractivity contribution in [1.29, 1.82) is 0 Å². The Balaban J connectivity index is 1.68. The van der Waals surface area contributed by atoms with Crippen LogP contribution in [0.15, 0.2) is 24.3 Å². The number of nitrogens with one attached hydrogen (secondary N) is 1. The molecule has 130 valence electrons. The Morgan fingerprint density at radius 3 is 2.60 bits per heavy atom. The second-order valence-electron chi connectivity index (χ2n) is 6.84. The number of amides is 1. The van der Waals surface area contributed by atoms with E-state index in [9.17, 15) is 13.6 Å². The summed E-state index contributed by atoms with van der Waals surface area (Å²) in [5.41, 5.74) is 2.06. The fourth-order valence-electron chi connectivity index (χ4n) is 4.02. The summed E-state index contributed by atoms with van der Waals surface area (Å²) in [6.45, 7) is 0.661. The van der Waals surface area contributed by atoms with Gasteiger partial charge in [0, 0.05) is 18.9 Å². The molecule has 2 aliphatic rings. The zero-order chi connectivity index (χ0) is 17.4. The Kier molecular flexibility index (Phi) is 4.19. The van der Waals surface area contributed by atoms with E-state index >= 15 is 0 Å². The van der Waals surface area contributed by atoms with Gasteiger partial charge in [-0.05, 0) is 55.4 Å². The molecule has 0 radical (unpaired) electrons. The number of aromatic nitrogens is 2. The predicted octanol–water partition coefficient (Wildman–Crippen LogP) is 3.37. The molecule has 1 aliphatic heterocycles. The van der Waals surface area contributed by atoms with E-state index in [0.717, 1.165) is 36.9 Å². The van der Waals surface area contributed by atoms with Crippen LogP contribution in [0.1, 0.15) is 42.9 Å². The molecule has 1 aliphatic carbocycles. The van der Waals surface area contributed by atoms with E-state index in [0.29, 0.717) is 18.9 Å². The lowest BCUT2D eigenvalue weighted by Gasteiger charge is -2.33. The van der Waals surface area contributed by atoms with Gasteiger partial charge >= 0.3 is 0 Å². The van der Waals surface area contributed by atoms with Crippen molar-refractivity contribution in [3.8, 4) is 11.3 Å². The van der Waals surface area contributed by atoms with Gasteiger partial charge in [0.2, 0.25) is 5.91 Å². The highest BCUT2D eigenvalue weighted by molar-refractivity contribution is 5.76. The van der Waals surface area contributed by atoms with Crippen molar-refractivity contribution in [1.82, 2.24) is 15.5 Å². The maximum Gasteiger partial charge on any atom is 0.220 e. The van der Waals surface area contributed by atoms with Crippen molar-refractivity contribution >= 4 is 5.91 Å². The molecule has 4 rings (SSSR count). The van der Waals surface area contributed by atoms with Crippen molar-refractivity contribution in [2.75, 3.05) is 6.54 Å². The van der Waals surface area contributed by atoms with Crippen LogP contribution in [0.25, 0.3) is 11.3 Å². The quantitative estimate of drug-likeness (QED) is 0.910. The smallest absolute Gasteiger partial charge is 0.220 e. The zero-order valence-electron chi connectivity index (χ0n) is 13.8. The first-order chi connectivity index (χ1) is 12.1. The van der Waals surface area contributed by atoms with Gasteiger partial charge in [-0.1, -0.05) is 6.07 Å². The van der Waals surface area contributed by atoms with Crippen LogP contribution in [-0.2, 0) is 11.2 Å². The number of aryl methyl sites for hydroxylation is 1. The SMILES string of the molecule is O=C1CCC(C2CCCc3cc(-c4c(F)cccc4F)nnc32)CN1. The topological polar surface area (TPSA) is 54.9 Å². The molecule has 0 saturated carbocycles. The van der Waals surface area contributed by atoms with Crippen LogP contribution in [0.4, 0.5) is 8.78 Å². The molecule has 6 heteroatoms. The molecule has 2 aromatic rings. The highest BCUT2D eigenvalue weighted by Crippen LogP contribution is 2.39. The molecular weight excluding hydrogens is 324 g/mol. The summed E-state index contributed by atoms with van der Waals surface area (Å²) in [7, 11) is 0. The standard InChI is InChI=1S/C19H19F2N3O/c20-14-5-2-6-15(21)18(14)16-9-11-3-1-4-13(19(11)24-23-16)12-7-8-17(25)22-10-12/h2,5-6,9,12-13H,1,3-4,7-8,10H2,(H,22,25). The maximum atomic E-state index is 14.0. The first kappa shape index (κ1) is 16.1. The Bertz CT molecular complexity index is 794. The Hall–Kier alpha value is -2.37. The first-order valence-electron chi connectivity index (χ1n) is 8.71. The maximum absolute atomic E-state index is 14.0. The van der Waals surface area contributed by atoms with Crippen LogP contribution in [0.5, 0.6) is 0 Å². The normalized spacial score (nSPS) is 23.0. The third-order valence-electron chi connectivity index (χ3n) is 5.31. The minimum Gasteiger partial charge on any atom is -0.356 e. The lowest BCUT2D eigenvalue weighted by Crippen LogP contribution is -2.38. The second kappa shape index (κ2) is 6.50. The third kappa shape index (κ3) is 3.01. The van der Waals surface area contributed by atoms with E-state index in [-0.39, 0.29) is 23.1 Å². The van der Waals surface area contributed by atoms with Crippen molar-refractivity contribution in [2.24, 2.45) is 5.92 Å². The van der Waals surface area contributed by atoms with Gasteiger partial charge in [-0.25, -0.2) is 8.78 Å². The van der Waals surface area contributed by atoms with Crippen LogP contribution in [0.3, 0.4) is 0 Å². The molecule has 25 heavy (non-hydrogen) atoms. The minimum atomic E-state index is -0.628. The summed E-state index contributed by atoms with van der Waals surface area (Å²) < 4.78 is 28.0. The number of nitrogens with zero attached hydrogens (tertiary/aromatic N) is 2. The number of carbonyl (C=O) groups is 1. The molecule has 2 unspecified atom stereocenters.